The molecule has 1 aromatic rings. The molecule has 0 fully saturated rings. The number of ether oxygens (including phenoxy) is 1. The second-order valence-electron chi connectivity index (χ2n) is 3.79. The Labute approximate surface area is 131 Å². The Bertz CT molecular complexity index is 611. The van der Waals surface area contributed by atoms with Gasteiger partial charge in [0, 0.05) is 5.75 Å². The summed E-state index contributed by atoms with van der Waals surface area (Å²) in [6.45, 7) is 3.64. The summed E-state index contributed by atoms with van der Waals surface area (Å²) in [6.07, 6.45) is 3.51. The maximum atomic E-state index is 11.8. The lowest BCUT2D eigenvalue weighted by molar-refractivity contribution is -0.107. The van der Waals surface area contributed by atoms with E-state index in [1.165, 1.54) is 11.8 Å². The van der Waals surface area contributed by atoms with E-state index in [0.717, 1.165) is 27.5 Å². The molecule has 1 aliphatic heterocycles. The van der Waals surface area contributed by atoms with Gasteiger partial charge in [-0.3, -0.25) is 4.79 Å². The van der Waals surface area contributed by atoms with Crippen molar-refractivity contribution in [1.82, 2.24) is 0 Å². The Morgan fingerprint density at radius 1 is 1.55 bits per heavy atom. The van der Waals surface area contributed by atoms with E-state index in [-0.39, 0.29) is 5.12 Å². The smallest absolute Gasteiger partial charge is 0.244 e. The summed E-state index contributed by atoms with van der Waals surface area (Å²) in [5, 5.41) is 0.452. The average Bonchev–Trinajstić information content (AvgIpc) is 2.77. The summed E-state index contributed by atoms with van der Waals surface area (Å²) in [5.41, 5.74) is 1.25. The fourth-order valence-corrected chi connectivity index (χ4v) is 3.38. The highest BCUT2D eigenvalue weighted by Crippen LogP contribution is 2.32. The van der Waals surface area contributed by atoms with Crippen molar-refractivity contribution in [3.05, 3.63) is 47.1 Å². The third kappa shape index (κ3) is 3.69. The summed E-state index contributed by atoms with van der Waals surface area (Å²) < 4.78 is 5.84. The number of carbonyl (C=O) groups is 1. The van der Waals surface area contributed by atoms with Crippen LogP contribution in [0.5, 0.6) is 5.75 Å². The van der Waals surface area contributed by atoms with Crippen LogP contribution in [0.25, 0.3) is 6.08 Å². The zero-order chi connectivity index (χ0) is 14.5. The lowest BCUT2D eigenvalue weighted by atomic mass is 10.2. The average molecular weight is 326 g/mol. The fourth-order valence-electron chi connectivity index (χ4n) is 1.51. The van der Waals surface area contributed by atoms with Crippen LogP contribution in [0.15, 0.2) is 41.5 Å². The van der Waals surface area contributed by atoms with Crippen molar-refractivity contribution in [3.63, 3.8) is 0 Å². The number of hydrogen-bond acceptors (Lipinski definition) is 5. The number of thioether (sulfide) groups is 2. The van der Waals surface area contributed by atoms with E-state index in [0.29, 0.717) is 16.5 Å². The standard InChI is InChI=1S/C14H12ClNO2S2/c1-3-6-19-14-16-11(13(17)20-14)8-9-4-5-12(18-2)10(15)7-9/h3-5,7-8H,1,6H2,2H3/b11-8-. The van der Waals surface area contributed by atoms with Gasteiger partial charge in [0.2, 0.25) is 5.12 Å². The van der Waals surface area contributed by atoms with Gasteiger partial charge in [-0.2, -0.15) is 0 Å². The Hall–Kier alpha value is -1.17. The first-order valence-corrected chi connectivity index (χ1v) is 7.92. The van der Waals surface area contributed by atoms with Crippen molar-refractivity contribution in [2.24, 2.45) is 4.99 Å². The maximum Gasteiger partial charge on any atom is 0.244 e. The molecule has 2 rings (SSSR count). The Morgan fingerprint density at radius 3 is 3.00 bits per heavy atom. The summed E-state index contributed by atoms with van der Waals surface area (Å²) in [7, 11) is 1.56. The molecular weight excluding hydrogens is 314 g/mol. The van der Waals surface area contributed by atoms with Crippen LogP contribution in [0.3, 0.4) is 0 Å². The van der Waals surface area contributed by atoms with E-state index in [1.807, 2.05) is 6.07 Å². The van der Waals surface area contributed by atoms with E-state index < -0.39 is 0 Å². The third-order valence-electron chi connectivity index (χ3n) is 2.40. The molecule has 3 nitrogen and oxygen atoms in total. The maximum absolute atomic E-state index is 11.8. The van der Waals surface area contributed by atoms with Gasteiger partial charge in [0.05, 0.1) is 12.1 Å². The molecule has 20 heavy (non-hydrogen) atoms. The molecular formula is C14H12ClNO2S2. The number of methoxy groups -OCH3 is 1. The minimum atomic E-state index is -0.0523. The first-order chi connectivity index (χ1) is 9.63. The second kappa shape index (κ2) is 7.02. The van der Waals surface area contributed by atoms with Gasteiger partial charge in [0.25, 0.3) is 0 Å². The summed E-state index contributed by atoms with van der Waals surface area (Å²) >= 11 is 8.70. The van der Waals surface area contributed by atoms with Crippen molar-refractivity contribution in [3.8, 4) is 5.75 Å². The Kier molecular flexibility index (Phi) is 5.34. The predicted octanol–water partition coefficient (Wildman–Crippen LogP) is 4.24. The molecule has 6 heteroatoms. The summed E-state index contributed by atoms with van der Waals surface area (Å²) in [6, 6.07) is 5.34. The zero-order valence-corrected chi connectivity index (χ0v) is 13.1. The second-order valence-corrected chi connectivity index (χ2v) is 6.43. The lowest BCUT2D eigenvalue weighted by Crippen LogP contribution is -1.89. The highest BCUT2D eigenvalue weighted by Gasteiger charge is 2.22. The summed E-state index contributed by atoms with van der Waals surface area (Å²) in [5.74, 6) is 1.34. The molecule has 0 saturated carbocycles. The molecule has 0 N–H and O–H groups in total. The number of carbonyl (C=O) groups excluding carboxylic acids is 1. The lowest BCUT2D eigenvalue weighted by Gasteiger charge is -2.03. The van der Waals surface area contributed by atoms with Gasteiger partial charge in [-0.05, 0) is 35.5 Å². The fraction of sp³-hybridized carbons (Fsp3) is 0.143. The predicted molar refractivity (Wildman–Crippen MR) is 88.7 cm³/mol. The molecule has 1 aromatic carbocycles. The monoisotopic (exact) mass is 325 g/mol. The van der Waals surface area contributed by atoms with Gasteiger partial charge in [-0.25, -0.2) is 4.99 Å². The number of rotatable bonds is 4. The van der Waals surface area contributed by atoms with Gasteiger partial charge in [-0.15, -0.1) is 6.58 Å². The van der Waals surface area contributed by atoms with E-state index in [2.05, 4.69) is 11.6 Å². The highest BCUT2D eigenvalue weighted by atomic mass is 35.5. The van der Waals surface area contributed by atoms with E-state index >= 15 is 0 Å². The van der Waals surface area contributed by atoms with Crippen LogP contribution in [0.2, 0.25) is 5.02 Å². The largest absolute Gasteiger partial charge is 0.495 e. The molecule has 1 aliphatic rings. The molecule has 104 valence electrons. The van der Waals surface area contributed by atoms with Crippen LogP contribution < -0.4 is 4.74 Å². The van der Waals surface area contributed by atoms with E-state index in [9.17, 15) is 4.79 Å². The van der Waals surface area contributed by atoms with Crippen molar-refractivity contribution < 1.29 is 9.53 Å². The van der Waals surface area contributed by atoms with Crippen LogP contribution in [-0.2, 0) is 4.79 Å². The molecule has 0 spiro atoms. The normalized spacial score (nSPS) is 16.4. The number of hydrogen-bond donors (Lipinski definition) is 0. The highest BCUT2D eigenvalue weighted by molar-refractivity contribution is 8.45. The Morgan fingerprint density at radius 2 is 2.35 bits per heavy atom. The van der Waals surface area contributed by atoms with Crippen molar-refractivity contribution in [2.75, 3.05) is 12.9 Å². The van der Waals surface area contributed by atoms with E-state index in [1.54, 1.807) is 31.4 Å². The van der Waals surface area contributed by atoms with Crippen molar-refractivity contribution >= 4 is 50.7 Å². The number of halogens is 1. The molecule has 0 bridgehead atoms. The van der Waals surface area contributed by atoms with Gasteiger partial charge in [0.1, 0.15) is 15.8 Å². The molecule has 0 saturated heterocycles. The van der Waals surface area contributed by atoms with Gasteiger partial charge in [0.15, 0.2) is 0 Å². The topological polar surface area (TPSA) is 38.7 Å². The number of nitrogens with zero attached hydrogens (tertiary/aromatic N) is 1. The van der Waals surface area contributed by atoms with Gasteiger partial charge >= 0.3 is 0 Å². The molecule has 0 unspecified atom stereocenters. The van der Waals surface area contributed by atoms with Gasteiger partial charge < -0.3 is 4.74 Å². The quantitative estimate of drug-likeness (QED) is 0.613. The SMILES string of the molecule is C=CCSC1=N/C(=C\c2ccc(OC)c(Cl)c2)C(=O)S1. The molecule has 0 aliphatic carbocycles. The Balaban J connectivity index is 2.21. The number of benzene rings is 1. The van der Waals surface area contributed by atoms with Crippen molar-refractivity contribution in [2.45, 2.75) is 0 Å². The zero-order valence-electron chi connectivity index (χ0n) is 10.8. The van der Waals surface area contributed by atoms with E-state index in [4.69, 9.17) is 16.3 Å². The first kappa shape index (κ1) is 15.2. The summed E-state index contributed by atoms with van der Waals surface area (Å²) in [4.78, 5) is 16.1. The van der Waals surface area contributed by atoms with Crippen LogP contribution in [0, 0.1) is 0 Å². The third-order valence-corrected chi connectivity index (χ3v) is 4.70. The van der Waals surface area contributed by atoms with Crippen LogP contribution in [-0.4, -0.2) is 22.4 Å². The molecule has 0 atom stereocenters. The first-order valence-electron chi connectivity index (χ1n) is 5.74. The van der Waals surface area contributed by atoms with Crippen molar-refractivity contribution in [1.29, 1.82) is 0 Å². The van der Waals surface area contributed by atoms with Crippen LogP contribution in [0.1, 0.15) is 5.56 Å². The minimum Gasteiger partial charge on any atom is -0.495 e. The minimum absolute atomic E-state index is 0.0523. The van der Waals surface area contributed by atoms with Gasteiger partial charge in [-0.1, -0.05) is 35.5 Å². The molecule has 1 heterocycles. The van der Waals surface area contributed by atoms with Crippen LogP contribution >= 0.6 is 35.1 Å². The molecule has 0 amide bonds. The molecule has 0 radical (unpaired) electrons. The van der Waals surface area contributed by atoms with Crippen LogP contribution in [0.4, 0.5) is 0 Å². The number of aliphatic imine (C=N–C) groups is 1. The molecule has 0 aromatic heterocycles.